The zero-order valence-corrected chi connectivity index (χ0v) is 18.6. The molecule has 1 saturated carbocycles. The van der Waals surface area contributed by atoms with Crippen LogP contribution in [0.3, 0.4) is 0 Å². The lowest BCUT2D eigenvalue weighted by Gasteiger charge is -2.36. The van der Waals surface area contributed by atoms with Crippen LogP contribution in [0.5, 0.6) is 0 Å². The molecule has 1 aliphatic heterocycles. The van der Waals surface area contributed by atoms with E-state index >= 15 is 0 Å². The number of benzene rings is 1. The van der Waals surface area contributed by atoms with Gasteiger partial charge in [0, 0.05) is 37.4 Å². The number of rotatable bonds is 7. The summed E-state index contributed by atoms with van der Waals surface area (Å²) in [5.41, 5.74) is 1.30. The van der Waals surface area contributed by atoms with Crippen molar-refractivity contribution in [3.63, 3.8) is 0 Å². The molecule has 1 amide bonds. The van der Waals surface area contributed by atoms with E-state index in [0.29, 0.717) is 12.1 Å². The van der Waals surface area contributed by atoms with Crippen LogP contribution in [0.1, 0.15) is 42.6 Å². The van der Waals surface area contributed by atoms with Gasteiger partial charge in [-0.15, -0.1) is 0 Å². The van der Waals surface area contributed by atoms with Gasteiger partial charge in [0.1, 0.15) is 5.82 Å². The van der Waals surface area contributed by atoms with Crippen molar-refractivity contribution in [1.29, 1.82) is 0 Å². The van der Waals surface area contributed by atoms with E-state index in [1.807, 2.05) is 12.1 Å². The first-order valence-electron chi connectivity index (χ1n) is 10.6. The van der Waals surface area contributed by atoms with E-state index in [2.05, 4.69) is 33.8 Å². The minimum Gasteiger partial charge on any atom is -0.372 e. The van der Waals surface area contributed by atoms with Gasteiger partial charge in [-0.3, -0.25) is 4.79 Å². The molecule has 1 aromatic heterocycles. The Morgan fingerprint density at radius 1 is 1.10 bits per heavy atom. The van der Waals surface area contributed by atoms with E-state index in [9.17, 15) is 13.2 Å². The highest BCUT2D eigenvalue weighted by atomic mass is 32.2. The monoisotopic (exact) mass is 444 g/mol. The molecule has 2 heterocycles. The standard InChI is InChI=1S/C22H28N4O4S/c1-15-13-26(14-16(2)30-15)21-10-3-17(11-23-21)12-24-22(27)18-4-8-20(9-5-18)31(28,29)25-19-6-7-19/h3-5,8-11,15-16,19,25H,6-7,12-14H2,1-2H3,(H,24,27). The van der Waals surface area contributed by atoms with Crippen molar-refractivity contribution in [3.8, 4) is 0 Å². The van der Waals surface area contributed by atoms with Crippen molar-refractivity contribution in [2.75, 3.05) is 18.0 Å². The van der Waals surface area contributed by atoms with Gasteiger partial charge in [0.25, 0.3) is 5.91 Å². The molecule has 9 heteroatoms. The first-order chi connectivity index (χ1) is 14.8. The summed E-state index contributed by atoms with van der Waals surface area (Å²) in [5, 5.41) is 2.85. The molecule has 1 aliphatic carbocycles. The smallest absolute Gasteiger partial charge is 0.251 e. The molecule has 31 heavy (non-hydrogen) atoms. The second kappa shape index (κ2) is 8.94. The molecule has 0 bridgehead atoms. The van der Waals surface area contributed by atoms with Crippen LogP contribution in [-0.4, -0.2) is 50.6 Å². The third-order valence-electron chi connectivity index (χ3n) is 5.33. The van der Waals surface area contributed by atoms with Crippen LogP contribution in [0.2, 0.25) is 0 Å². The average molecular weight is 445 g/mol. The number of anilines is 1. The minimum absolute atomic E-state index is 0.0445. The van der Waals surface area contributed by atoms with E-state index in [0.717, 1.165) is 37.3 Å². The highest BCUT2D eigenvalue weighted by Gasteiger charge is 2.28. The normalized spacial score (nSPS) is 21.7. The predicted octanol–water partition coefficient (Wildman–Crippen LogP) is 2.07. The highest BCUT2D eigenvalue weighted by Crippen LogP contribution is 2.22. The maximum absolute atomic E-state index is 12.4. The highest BCUT2D eigenvalue weighted by molar-refractivity contribution is 7.89. The Morgan fingerprint density at radius 2 is 1.77 bits per heavy atom. The van der Waals surface area contributed by atoms with Gasteiger partial charge < -0.3 is 15.0 Å². The molecule has 2 atom stereocenters. The molecule has 4 rings (SSSR count). The van der Waals surface area contributed by atoms with Gasteiger partial charge in [-0.1, -0.05) is 6.07 Å². The van der Waals surface area contributed by atoms with Gasteiger partial charge in [-0.05, 0) is 62.6 Å². The van der Waals surface area contributed by atoms with Crippen molar-refractivity contribution < 1.29 is 17.9 Å². The van der Waals surface area contributed by atoms with Crippen LogP contribution >= 0.6 is 0 Å². The maximum Gasteiger partial charge on any atom is 0.251 e. The SMILES string of the molecule is CC1CN(c2ccc(CNC(=O)c3ccc(S(=O)(=O)NC4CC4)cc3)cn2)CC(C)O1. The van der Waals surface area contributed by atoms with Crippen molar-refractivity contribution in [2.45, 2.75) is 56.4 Å². The zero-order chi connectivity index (χ0) is 22.0. The largest absolute Gasteiger partial charge is 0.372 e. The third-order valence-corrected chi connectivity index (χ3v) is 6.87. The summed E-state index contributed by atoms with van der Waals surface area (Å²) < 4.78 is 32.8. The van der Waals surface area contributed by atoms with Crippen LogP contribution in [0.25, 0.3) is 0 Å². The summed E-state index contributed by atoms with van der Waals surface area (Å²) in [4.78, 5) is 19.3. The maximum atomic E-state index is 12.4. The predicted molar refractivity (Wildman–Crippen MR) is 117 cm³/mol. The number of hydrogen-bond donors (Lipinski definition) is 2. The van der Waals surface area contributed by atoms with Crippen LogP contribution in [0.4, 0.5) is 5.82 Å². The number of aromatic nitrogens is 1. The number of nitrogens with zero attached hydrogens (tertiary/aromatic N) is 2. The van der Waals surface area contributed by atoms with Gasteiger partial charge in [0.2, 0.25) is 10.0 Å². The quantitative estimate of drug-likeness (QED) is 0.678. The Bertz CT molecular complexity index is 1010. The van der Waals surface area contributed by atoms with Gasteiger partial charge in [0.15, 0.2) is 0 Å². The summed E-state index contributed by atoms with van der Waals surface area (Å²) >= 11 is 0. The van der Waals surface area contributed by atoms with Crippen molar-refractivity contribution in [2.24, 2.45) is 0 Å². The first-order valence-corrected chi connectivity index (χ1v) is 12.0. The van der Waals surface area contributed by atoms with Crippen LogP contribution in [0, 0.1) is 0 Å². The Morgan fingerprint density at radius 3 is 2.35 bits per heavy atom. The average Bonchev–Trinajstić information content (AvgIpc) is 3.55. The first kappa shape index (κ1) is 21.7. The number of sulfonamides is 1. The molecule has 2 aliphatic rings. The number of amides is 1. The van der Waals surface area contributed by atoms with Gasteiger partial charge >= 0.3 is 0 Å². The Labute approximate surface area is 183 Å². The number of hydrogen-bond acceptors (Lipinski definition) is 6. The molecule has 0 spiro atoms. The molecule has 2 fully saturated rings. The summed E-state index contributed by atoms with van der Waals surface area (Å²) in [6, 6.07) is 9.92. The molecule has 0 radical (unpaired) electrons. The Kier molecular flexibility index (Phi) is 6.27. The fourth-order valence-corrected chi connectivity index (χ4v) is 4.94. The topological polar surface area (TPSA) is 101 Å². The number of pyridine rings is 1. The van der Waals surface area contributed by atoms with Crippen LogP contribution in [-0.2, 0) is 21.3 Å². The number of ether oxygens (including phenoxy) is 1. The Hall–Kier alpha value is -2.49. The third kappa shape index (κ3) is 5.61. The summed E-state index contributed by atoms with van der Waals surface area (Å²) in [5.74, 6) is 0.632. The second-order valence-corrected chi connectivity index (χ2v) is 10.0. The molecule has 2 aromatic rings. The summed E-state index contributed by atoms with van der Waals surface area (Å²) in [7, 11) is -3.52. The number of carbonyl (C=O) groups is 1. The van der Waals surface area contributed by atoms with Crippen molar-refractivity contribution >= 4 is 21.7 Å². The molecule has 166 valence electrons. The summed E-state index contributed by atoms with van der Waals surface area (Å²) in [6.07, 6.45) is 3.84. The van der Waals surface area contributed by atoms with Crippen molar-refractivity contribution in [1.82, 2.24) is 15.0 Å². The molecule has 1 saturated heterocycles. The van der Waals surface area contributed by atoms with E-state index in [1.165, 1.54) is 24.3 Å². The zero-order valence-electron chi connectivity index (χ0n) is 17.7. The lowest BCUT2D eigenvalue weighted by atomic mass is 10.2. The molecule has 2 N–H and O–H groups in total. The fraction of sp³-hybridized carbons (Fsp3) is 0.455. The van der Waals surface area contributed by atoms with E-state index in [1.54, 1.807) is 6.20 Å². The van der Waals surface area contributed by atoms with E-state index < -0.39 is 10.0 Å². The molecule has 2 unspecified atom stereocenters. The van der Waals surface area contributed by atoms with Crippen LogP contribution < -0.4 is 14.9 Å². The van der Waals surface area contributed by atoms with E-state index in [4.69, 9.17) is 4.74 Å². The van der Waals surface area contributed by atoms with E-state index in [-0.39, 0.29) is 29.1 Å². The van der Waals surface area contributed by atoms with Gasteiger partial charge in [-0.25, -0.2) is 18.1 Å². The van der Waals surface area contributed by atoms with Gasteiger partial charge in [0.05, 0.1) is 17.1 Å². The van der Waals surface area contributed by atoms with Crippen LogP contribution in [0.15, 0.2) is 47.5 Å². The number of nitrogens with one attached hydrogen (secondary N) is 2. The molecule has 1 aromatic carbocycles. The number of carbonyl (C=O) groups excluding carboxylic acids is 1. The van der Waals surface area contributed by atoms with Crippen molar-refractivity contribution in [3.05, 3.63) is 53.7 Å². The molecular formula is C22H28N4O4S. The second-order valence-electron chi connectivity index (χ2n) is 8.29. The molecular weight excluding hydrogens is 416 g/mol. The summed E-state index contributed by atoms with van der Waals surface area (Å²) in [6.45, 7) is 6.05. The minimum atomic E-state index is -3.52. The molecule has 8 nitrogen and oxygen atoms in total. The fourth-order valence-electron chi connectivity index (χ4n) is 3.63. The number of morpholine rings is 1. The lowest BCUT2D eigenvalue weighted by Crippen LogP contribution is -2.45. The van der Waals surface area contributed by atoms with Gasteiger partial charge in [-0.2, -0.15) is 0 Å². The lowest BCUT2D eigenvalue weighted by molar-refractivity contribution is -0.00546. The Balaban J connectivity index is 1.32.